The predicted molar refractivity (Wildman–Crippen MR) is 137 cm³/mol. The van der Waals surface area contributed by atoms with Gasteiger partial charge in [-0.3, -0.25) is 14.5 Å². The van der Waals surface area contributed by atoms with E-state index in [0.717, 1.165) is 34.2 Å². The maximum atomic E-state index is 13.7. The zero-order valence-corrected chi connectivity index (χ0v) is 20.7. The second kappa shape index (κ2) is 10.3. The normalized spacial score (nSPS) is 17.7. The minimum Gasteiger partial charge on any atom is -0.468 e. The Bertz CT molecular complexity index is 1470. The van der Waals surface area contributed by atoms with Crippen molar-refractivity contribution >= 4 is 34.4 Å². The van der Waals surface area contributed by atoms with E-state index in [-0.39, 0.29) is 18.5 Å². The Balaban J connectivity index is 1.41. The predicted octanol–water partition coefficient (Wildman–Crippen LogP) is 5.31. The molecule has 1 fully saturated rings. The third-order valence-corrected chi connectivity index (χ3v) is 6.87. The quantitative estimate of drug-likeness (QED) is 0.336. The van der Waals surface area contributed by atoms with Gasteiger partial charge in [0, 0.05) is 40.6 Å². The molecule has 0 radical (unpaired) electrons. The van der Waals surface area contributed by atoms with Crippen LogP contribution >= 0.6 is 11.6 Å². The number of aromatic amines is 1. The highest BCUT2D eigenvalue weighted by molar-refractivity contribution is 6.31. The molecule has 0 spiro atoms. The van der Waals surface area contributed by atoms with Crippen molar-refractivity contribution in [1.29, 1.82) is 0 Å². The second-order valence-corrected chi connectivity index (χ2v) is 9.49. The highest BCUT2D eigenvalue weighted by Gasteiger charge is 2.38. The summed E-state index contributed by atoms with van der Waals surface area (Å²) in [4.78, 5) is 31.1. The van der Waals surface area contributed by atoms with Crippen LogP contribution in [-0.2, 0) is 16.1 Å². The molecular formula is C28H24ClF2N3O3. The van der Waals surface area contributed by atoms with Crippen LogP contribution in [-0.4, -0.2) is 47.5 Å². The number of aromatic nitrogens is 1. The van der Waals surface area contributed by atoms with Gasteiger partial charge in [0.1, 0.15) is 11.7 Å². The number of methoxy groups -OCH3 is 1. The van der Waals surface area contributed by atoms with Crippen molar-refractivity contribution in [2.45, 2.75) is 25.0 Å². The van der Waals surface area contributed by atoms with Gasteiger partial charge in [-0.1, -0.05) is 48.0 Å². The number of H-pyrrole nitrogens is 1. The zero-order valence-electron chi connectivity index (χ0n) is 19.9. The number of nitrogens with zero attached hydrogens (tertiary/aromatic N) is 1. The number of likely N-dealkylation sites (tertiary alicyclic amines) is 1. The van der Waals surface area contributed by atoms with Gasteiger partial charge in [-0.05, 0) is 47.9 Å². The fourth-order valence-electron chi connectivity index (χ4n) is 4.93. The number of nitrogens with one attached hydrogen (secondary N) is 2. The average Bonchev–Trinajstić information content (AvgIpc) is 3.47. The van der Waals surface area contributed by atoms with Crippen molar-refractivity contribution in [3.8, 4) is 11.1 Å². The molecule has 190 valence electrons. The van der Waals surface area contributed by atoms with Crippen molar-refractivity contribution < 1.29 is 23.1 Å². The molecule has 2 N–H and O–H groups in total. The first-order chi connectivity index (χ1) is 17.8. The Morgan fingerprint density at radius 2 is 1.86 bits per heavy atom. The molecule has 9 heteroatoms. The zero-order chi connectivity index (χ0) is 26.1. The summed E-state index contributed by atoms with van der Waals surface area (Å²) in [6, 6.07) is 17.6. The van der Waals surface area contributed by atoms with Crippen LogP contribution in [0, 0.1) is 11.6 Å². The van der Waals surface area contributed by atoms with Crippen molar-refractivity contribution in [2.24, 2.45) is 0 Å². The number of hydrogen-bond donors (Lipinski definition) is 2. The van der Waals surface area contributed by atoms with Gasteiger partial charge in [-0.2, -0.15) is 0 Å². The summed E-state index contributed by atoms with van der Waals surface area (Å²) in [7, 11) is 1.30. The topological polar surface area (TPSA) is 74.4 Å². The van der Waals surface area contributed by atoms with Crippen molar-refractivity contribution in [2.75, 3.05) is 13.7 Å². The van der Waals surface area contributed by atoms with Crippen molar-refractivity contribution in [3.63, 3.8) is 0 Å². The summed E-state index contributed by atoms with van der Waals surface area (Å²) < 4.78 is 32.1. The molecule has 4 aromatic rings. The van der Waals surface area contributed by atoms with Crippen LogP contribution in [0.3, 0.4) is 0 Å². The molecule has 6 nitrogen and oxygen atoms in total. The van der Waals surface area contributed by atoms with E-state index < -0.39 is 23.6 Å². The van der Waals surface area contributed by atoms with E-state index in [4.69, 9.17) is 16.3 Å². The smallest absolute Gasteiger partial charge is 0.323 e. The van der Waals surface area contributed by atoms with Gasteiger partial charge in [0.05, 0.1) is 7.11 Å². The number of ether oxygens (including phenoxy) is 1. The Labute approximate surface area is 217 Å². The van der Waals surface area contributed by atoms with Gasteiger partial charge in [-0.25, -0.2) is 8.78 Å². The molecule has 0 saturated carbocycles. The molecule has 37 heavy (non-hydrogen) atoms. The fraction of sp³-hybridized carbons (Fsp3) is 0.214. The first-order valence-electron chi connectivity index (χ1n) is 11.8. The number of carbonyl (C=O) groups excluding carboxylic acids is 2. The SMILES string of the molecule is COC(=O)[C@@H]1C[C@H](NC(=O)c2[nH]c3ccc(Cl)cc3c2-c2ccccc2)CN1Cc1ccc(F)c(F)c1. The maximum Gasteiger partial charge on any atom is 0.323 e. The molecule has 0 aliphatic carbocycles. The van der Waals surface area contributed by atoms with Crippen molar-refractivity contribution in [1.82, 2.24) is 15.2 Å². The van der Waals surface area contributed by atoms with Gasteiger partial charge in [0.25, 0.3) is 5.91 Å². The first-order valence-corrected chi connectivity index (χ1v) is 12.1. The van der Waals surface area contributed by atoms with E-state index in [0.29, 0.717) is 29.2 Å². The molecule has 1 amide bonds. The van der Waals surface area contributed by atoms with Crippen LogP contribution in [0.2, 0.25) is 5.02 Å². The van der Waals surface area contributed by atoms with Crippen LogP contribution in [0.25, 0.3) is 22.0 Å². The van der Waals surface area contributed by atoms with Crippen LogP contribution in [0.4, 0.5) is 8.78 Å². The lowest BCUT2D eigenvalue weighted by Gasteiger charge is -2.22. The molecule has 2 atom stereocenters. The number of benzene rings is 3. The molecule has 1 aliphatic rings. The Hall–Kier alpha value is -3.75. The third kappa shape index (κ3) is 5.08. The summed E-state index contributed by atoms with van der Waals surface area (Å²) in [5.74, 6) is -2.67. The average molecular weight is 524 g/mol. The summed E-state index contributed by atoms with van der Waals surface area (Å²) in [5, 5.41) is 4.42. The Morgan fingerprint density at radius 3 is 2.59 bits per heavy atom. The van der Waals surface area contributed by atoms with Gasteiger partial charge in [0.15, 0.2) is 11.6 Å². The molecule has 1 aliphatic heterocycles. The lowest BCUT2D eigenvalue weighted by Crippen LogP contribution is -2.38. The van der Waals surface area contributed by atoms with E-state index in [1.165, 1.54) is 13.2 Å². The highest BCUT2D eigenvalue weighted by atomic mass is 35.5. The molecule has 1 saturated heterocycles. The fourth-order valence-corrected chi connectivity index (χ4v) is 5.11. The number of rotatable bonds is 6. The van der Waals surface area contributed by atoms with Crippen LogP contribution < -0.4 is 5.32 Å². The standard InChI is InChI=1S/C28H24ClF2N3O3/c1-37-28(36)24-13-19(15-34(24)14-16-7-9-21(30)22(31)11-16)32-27(35)26-25(17-5-3-2-4-6-17)20-12-18(29)8-10-23(20)33-26/h2-12,19,24,33H,13-15H2,1H3,(H,32,35)/t19-,24-/m0/s1. The Kier molecular flexibility index (Phi) is 6.95. The molecular weight excluding hydrogens is 500 g/mol. The van der Waals surface area contributed by atoms with Crippen LogP contribution in [0.5, 0.6) is 0 Å². The van der Waals surface area contributed by atoms with E-state index in [9.17, 15) is 18.4 Å². The maximum absolute atomic E-state index is 13.7. The molecule has 3 aromatic carbocycles. The van der Waals surface area contributed by atoms with Crippen LogP contribution in [0.1, 0.15) is 22.5 Å². The third-order valence-electron chi connectivity index (χ3n) is 6.63. The van der Waals surface area contributed by atoms with Gasteiger partial charge in [0.2, 0.25) is 0 Å². The van der Waals surface area contributed by atoms with E-state index in [2.05, 4.69) is 10.3 Å². The summed E-state index contributed by atoms with van der Waals surface area (Å²) >= 11 is 6.26. The monoisotopic (exact) mass is 523 g/mol. The summed E-state index contributed by atoms with van der Waals surface area (Å²) in [6.45, 7) is 0.528. The molecule has 2 heterocycles. The van der Waals surface area contributed by atoms with Gasteiger partial charge >= 0.3 is 5.97 Å². The summed E-state index contributed by atoms with van der Waals surface area (Å²) in [5.41, 5.74) is 3.26. The number of fused-ring (bicyclic) bond motifs is 1. The molecule has 1 aromatic heterocycles. The molecule has 5 rings (SSSR count). The Morgan fingerprint density at radius 1 is 1.08 bits per heavy atom. The lowest BCUT2D eigenvalue weighted by molar-refractivity contribution is -0.146. The van der Waals surface area contributed by atoms with E-state index in [1.807, 2.05) is 42.5 Å². The van der Waals surface area contributed by atoms with Crippen LogP contribution in [0.15, 0.2) is 66.7 Å². The number of amides is 1. The number of carbonyl (C=O) groups is 2. The van der Waals surface area contributed by atoms with Gasteiger partial charge in [-0.15, -0.1) is 0 Å². The minimum atomic E-state index is -0.955. The largest absolute Gasteiger partial charge is 0.468 e. The molecule has 0 unspecified atom stereocenters. The number of halogens is 3. The number of esters is 1. The van der Waals surface area contributed by atoms with Gasteiger partial charge < -0.3 is 15.0 Å². The first kappa shape index (κ1) is 24.9. The highest BCUT2D eigenvalue weighted by Crippen LogP contribution is 2.34. The second-order valence-electron chi connectivity index (χ2n) is 9.05. The number of hydrogen-bond acceptors (Lipinski definition) is 4. The lowest BCUT2D eigenvalue weighted by atomic mass is 10.0. The van der Waals surface area contributed by atoms with E-state index in [1.54, 1.807) is 11.0 Å². The van der Waals surface area contributed by atoms with Crippen molar-refractivity contribution in [3.05, 3.63) is 94.6 Å². The minimum absolute atomic E-state index is 0.198. The molecule has 0 bridgehead atoms. The summed E-state index contributed by atoms with van der Waals surface area (Å²) in [6.07, 6.45) is 0.314. The van der Waals surface area contributed by atoms with E-state index >= 15 is 0 Å².